The maximum Gasteiger partial charge on any atom is 0.242 e. The molecule has 1 aromatic heterocycles. The van der Waals surface area contributed by atoms with Gasteiger partial charge in [0.05, 0.1) is 10.2 Å². The fraction of sp³-hybridized carbons (Fsp3) is 0.130. The van der Waals surface area contributed by atoms with Crippen LogP contribution in [0, 0.1) is 13.8 Å². The highest BCUT2D eigenvalue weighted by Crippen LogP contribution is 2.40. The van der Waals surface area contributed by atoms with Crippen molar-refractivity contribution < 1.29 is 4.79 Å². The van der Waals surface area contributed by atoms with Gasteiger partial charge in [-0.3, -0.25) is 4.79 Å². The van der Waals surface area contributed by atoms with Crippen LogP contribution >= 0.6 is 23.1 Å². The third-order valence-electron chi connectivity index (χ3n) is 4.48. The van der Waals surface area contributed by atoms with E-state index in [1.807, 2.05) is 74.5 Å². The molecule has 0 spiro atoms. The summed E-state index contributed by atoms with van der Waals surface area (Å²) in [5.74, 6) is -0.0378. The first-order valence-electron chi connectivity index (χ1n) is 9.05. The minimum absolute atomic E-state index is 0.0378. The summed E-state index contributed by atoms with van der Waals surface area (Å²) in [6.45, 7) is 4.03. The van der Waals surface area contributed by atoms with Gasteiger partial charge < -0.3 is 5.32 Å². The predicted molar refractivity (Wildman–Crippen MR) is 119 cm³/mol. The van der Waals surface area contributed by atoms with Crippen molar-refractivity contribution in [3.8, 4) is 0 Å². The van der Waals surface area contributed by atoms with Crippen LogP contribution in [0.1, 0.15) is 21.9 Å². The Labute approximate surface area is 172 Å². The number of benzene rings is 3. The molecule has 0 aliphatic rings. The first-order chi connectivity index (χ1) is 13.6. The largest absolute Gasteiger partial charge is 0.325 e. The summed E-state index contributed by atoms with van der Waals surface area (Å²) in [6.07, 6.45) is 0. The molecule has 1 atom stereocenters. The average molecular weight is 405 g/mol. The van der Waals surface area contributed by atoms with Gasteiger partial charge >= 0.3 is 0 Å². The number of hydrogen-bond donors (Lipinski definition) is 1. The van der Waals surface area contributed by atoms with Gasteiger partial charge in [0, 0.05) is 5.69 Å². The molecule has 4 rings (SSSR count). The van der Waals surface area contributed by atoms with Crippen molar-refractivity contribution in [3.63, 3.8) is 0 Å². The molecule has 0 aliphatic heterocycles. The van der Waals surface area contributed by atoms with E-state index in [9.17, 15) is 4.79 Å². The molecule has 0 bridgehead atoms. The summed E-state index contributed by atoms with van der Waals surface area (Å²) in [5, 5.41) is 2.75. The summed E-state index contributed by atoms with van der Waals surface area (Å²) in [5.41, 5.74) is 4.97. The Morgan fingerprint density at radius 1 is 1.00 bits per heavy atom. The van der Waals surface area contributed by atoms with E-state index in [1.165, 1.54) is 11.8 Å². The zero-order chi connectivity index (χ0) is 19.5. The molecule has 0 saturated carbocycles. The number of aryl methyl sites for hydroxylation is 2. The first kappa shape index (κ1) is 18.7. The Morgan fingerprint density at radius 3 is 2.54 bits per heavy atom. The van der Waals surface area contributed by atoms with E-state index < -0.39 is 0 Å². The number of rotatable bonds is 5. The molecule has 4 aromatic rings. The fourth-order valence-corrected chi connectivity index (χ4v) is 5.23. The van der Waals surface area contributed by atoms with Crippen molar-refractivity contribution >= 4 is 44.9 Å². The standard InChI is InChI=1S/C23H20N2OS2/c1-15-12-13-16(2)19(14-15)24-22(26)21(17-8-4-3-5-9-17)28-23-25-18-10-6-7-11-20(18)27-23/h3-14,21H,1-2H3,(H,24,26)/t21-/m1/s1. The second-order valence-electron chi connectivity index (χ2n) is 6.66. The van der Waals surface area contributed by atoms with Crippen LogP contribution in [0.3, 0.4) is 0 Å². The molecule has 3 nitrogen and oxygen atoms in total. The second kappa shape index (κ2) is 8.17. The van der Waals surface area contributed by atoms with Crippen LogP contribution < -0.4 is 5.32 Å². The van der Waals surface area contributed by atoms with Crippen molar-refractivity contribution in [1.82, 2.24) is 4.98 Å². The number of amides is 1. The van der Waals surface area contributed by atoms with Gasteiger partial charge in [0.2, 0.25) is 5.91 Å². The Bertz CT molecular complexity index is 1090. The summed E-state index contributed by atoms with van der Waals surface area (Å²) in [6, 6.07) is 24.0. The minimum atomic E-state index is -0.373. The van der Waals surface area contributed by atoms with Crippen LogP contribution in [0.15, 0.2) is 77.1 Å². The zero-order valence-electron chi connectivity index (χ0n) is 15.7. The molecule has 1 amide bonds. The van der Waals surface area contributed by atoms with Gasteiger partial charge in [0.1, 0.15) is 5.25 Å². The van der Waals surface area contributed by atoms with Gasteiger partial charge in [-0.2, -0.15) is 0 Å². The number of para-hydroxylation sites is 1. The van der Waals surface area contributed by atoms with E-state index in [0.717, 1.165) is 36.9 Å². The first-order valence-corrected chi connectivity index (χ1v) is 10.7. The number of anilines is 1. The minimum Gasteiger partial charge on any atom is -0.325 e. The number of aromatic nitrogens is 1. The molecule has 28 heavy (non-hydrogen) atoms. The molecule has 5 heteroatoms. The molecule has 0 fully saturated rings. The van der Waals surface area contributed by atoms with Gasteiger partial charge in [-0.1, -0.05) is 66.4 Å². The topological polar surface area (TPSA) is 42.0 Å². The number of carbonyl (C=O) groups excluding carboxylic acids is 1. The SMILES string of the molecule is Cc1ccc(C)c(NC(=O)[C@H](Sc2nc3ccccc3s2)c2ccccc2)c1. The number of hydrogen-bond acceptors (Lipinski definition) is 4. The summed E-state index contributed by atoms with van der Waals surface area (Å²) in [7, 11) is 0. The number of thioether (sulfide) groups is 1. The summed E-state index contributed by atoms with van der Waals surface area (Å²) in [4.78, 5) is 17.9. The number of thiazole rings is 1. The maximum atomic E-state index is 13.2. The van der Waals surface area contributed by atoms with E-state index in [4.69, 9.17) is 4.98 Å². The van der Waals surface area contributed by atoms with Crippen LogP contribution in [-0.2, 0) is 4.79 Å². The van der Waals surface area contributed by atoms with E-state index in [0.29, 0.717) is 0 Å². The lowest BCUT2D eigenvalue weighted by atomic mass is 10.1. The lowest BCUT2D eigenvalue weighted by molar-refractivity contribution is -0.115. The second-order valence-corrected chi connectivity index (χ2v) is 9.05. The fourth-order valence-electron chi connectivity index (χ4n) is 2.97. The molecule has 0 saturated heterocycles. The maximum absolute atomic E-state index is 13.2. The van der Waals surface area contributed by atoms with Crippen LogP contribution in [0.25, 0.3) is 10.2 Å². The van der Waals surface area contributed by atoms with Crippen molar-refractivity contribution in [3.05, 3.63) is 89.5 Å². The third-order valence-corrected chi connectivity index (χ3v) is 6.87. The molecular weight excluding hydrogens is 384 g/mol. The van der Waals surface area contributed by atoms with E-state index in [-0.39, 0.29) is 11.2 Å². The van der Waals surface area contributed by atoms with Gasteiger partial charge in [0.25, 0.3) is 0 Å². The normalized spacial score (nSPS) is 12.1. The van der Waals surface area contributed by atoms with Crippen molar-refractivity contribution in [2.24, 2.45) is 0 Å². The van der Waals surface area contributed by atoms with Crippen molar-refractivity contribution in [1.29, 1.82) is 0 Å². The molecule has 1 N–H and O–H groups in total. The van der Waals surface area contributed by atoms with Gasteiger partial charge in [0.15, 0.2) is 4.34 Å². The zero-order valence-corrected chi connectivity index (χ0v) is 17.3. The number of carbonyl (C=O) groups is 1. The number of nitrogens with zero attached hydrogens (tertiary/aromatic N) is 1. The highest BCUT2D eigenvalue weighted by atomic mass is 32.2. The Morgan fingerprint density at radius 2 is 1.75 bits per heavy atom. The van der Waals surface area contributed by atoms with Crippen LogP contribution in [0.4, 0.5) is 5.69 Å². The Balaban J connectivity index is 1.65. The Kier molecular flexibility index (Phi) is 5.46. The lowest BCUT2D eigenvalue weighted by Crippen LogP contribution is -2.19. The quantitative estimate of drug-likeness (QED) is 0.392. The third kappa shape index (κ3) is 4.11. The van der Waals surface area contributed by atoms with Crippen LogP contribution in [0.5, 0.6) is 0 Å². The van der Waals surface area contributed by atoms with Gasteiger partial charge in [-0.15, -0.1) is 11.3 Å². The van der Waals surface area contributed by atoms with Crippen molar-refractivity contribution in [2.75, 3.05) is 5.32 Å². The Hall–Kier alpha value is -2.63. The molecule has 0 radical (unpaired) electrons. The van der Waals surface area contributed by atoms with Crippen molar-refractivity contribution in [2.45, 2.75) is 23.4 Å². The highest BCUT2D eigenvalue weighted by Gasteiger charge is 2.24. The monoisotopic (exact) mass is 404 g/mol. The van der Waals surface area contributed by atoms with Gasteiger partial charge in [-0.25, -0.2) is 4.98 Å². The summed E-state index contributed by atoms with van der Waals surface area (Å²) < 4.78 is 2.03. The van der Waals surface area contributed by atoms with Gasteiger partial charge in [-0.05, 0) is 48.7 Å². The average Bonchev–Trinajstić information content (AvgIpc) is 3.12. The van der Waals surface area contributed by atoms with E-state index in [1.54, 1.807) is 11.3 Å². The molecule has 0 unspecified atom stereocenters. The highest BCUT2D eigenvalue weighted by molar-refractivity contribution is 8.02. The summed E-state index contributed by atoms with van der Waals surface area (Å²) >= 11 is 3.12. The molecule has 140 valence electrons. The lowest BCUT2D eigenvalue weighted by Gasteiger charge is -2.17. The number of nitrogens with one attached hydrogen (secondary N) is 1. The predicted octanol–water partition coefficient (Wildman–Crippen LogP) is 6.39. The van der Waals surface area contributed by atoms with Crippen LogP contribution in [-0.4, -0.2) is 10.9 Å². The molecular formula is C23H20N2OS2. The van der Waals surface area contributed by atoms with Crippen LogP contribution in [0.2, 0.25) is 0 Å². The molecule has 1 heterocycles. The smallest absolute Gasteiger partial charge is 0.242 e. The van der Waals surface area contributed by atoms with E-state index >= 15 is 0 Å². The van der Waals surface area contributed by atoms with E-state index in [2.05, 4.69) is 17.4 Å². The molecule has 0 aliphatic carbocycles. The molecule has 3 aromatic carbocycles. The number of fused-ring (bicyclic) bond motifs is 1.